The molecular formula is C16H30N4. The van der Waals surface area contributed by atoms with E-state index in [2.05, 4.69) is 48.3 Å². The number of unbranched alkanes of at least 4 members (excludes halogenated alkanes) is 2. The lowest BCUT2D eigenvalue weighted by Gasteiger charge is -2.25. The van der Waals surface area contributed by atoms with E-state index in [1.54, 1.807) is 12.4 Å². The molecule has 4 heteroatoms. The zero-order valence-corrected chi connectivity index (χ0v) is 13.5. The Labute approximate surface area is 123 Å². The van der Waals surface area contributed by atoms with E-state index in [9.17, 15) is 0 Å². The predicted molar refractivity (Wildman–Crippen MR) is 87.2 cm³/mol. The van der Waals surface area contributed by atoms with E-state index < -0.39 is 0 Å². The van der Waals surface area contributed by atoms with Gasteiger partial charge in [0.05, 0.1) is 12.4 Å². The van der Waals surface area contributed by atoms with Crippen molar-refractivity contribution in [1.82, 2.24) is 9.97 Å². The molecule has 0 fully saturated rings. The highest BCUT2D eigenvalue weighted by molar-refractivity contribution is 5.41. The largest absolute Gasteiger partial charge is 0.369 e. The Morgan fingerprint density at radius 1 is 1.00 bits per heavy atom. The SMILES string of the molecule is CCCCCC(C)(C)CNc1cncc(NCCC)n1. The van der Waals surface area contributed by atoms with E-state index in [0.29, 0.717) is 5.41 Å². The molecule has 20 heavy (non-hydrogen) atoms. The molecule has 0 amide bonds. The van der Waals surface area contributed by atoms with Gasteiger partial charge in [-0.05, 0) is 18.3 Å². The van der Waals surface area contributed by atoms with Crippen LogP contribution in [0.1, 0.15) is 59.8 Å². The topological polar surface area (TPSA) is 49.8 Å². The van der Waals surface area contributed by atoms with Gasteiger partial charge in [-0.15, -0.1) is 0 Å². The van der Waals surface area contributed by atoms with Crippen molar-refractivity contribution in [2.45, 2.75) is 59.8 Å². The summed E-state index contributed by atoms with van der Waals surface area (Å²) in [6, 6.07) is 0. The van der Waals surface area contributed by atoms with Crippen LogP contribution in [0, 0.1) is 5.41 Å². The minimum atomic E-state index is 0.295. The Bertz CT molecular complexity index is 376. The van der Waals surface area contributed by atoms with Gasteiger partial charge < -0.3 is 10.6 Å². The highest BCUT2D eigenvalue weighted by Gasteiger charge is 2.17. The molecule has 1 heterocycles. The predicted octanol–water partition coefficient (Wildman–Crippen LogP) is 4.32. The molecule has 0 saturated carbocycles. The third-order valence-corrected chi connectivity index (χ3v) is 3.40. The van der Waals surface area contributed by atoms with Gasteiger partial charge in [-0.25, -0.2) is 4.98 Å². The summed E-state index contributed by atoms with van der Waals surface area (Å²) < 4.78 is 0. The molecule has 1 aromatic rings. The van der Waals surface area contributed by atoms with Gasteiger partial charge in [-0.1, -0.05) is 47.0 Å². The van der Waals surface area contributed by atoms with Crippen molar-refractivity contribution < 1.29 is 0 Å². The molecular weight excluding hydrogens is 248 g/mol. The van der Waals surface area contributed by atoms with Crippen LogP contribution in [0.3, 0.4) is 0 Å². The molecule has 2 N–H and O–H groups in total. The maximum absolute atomic E-state index is 4.53. The van der Waals surface area contributed by atoms with Crippen LogP contribution in [0.25, 0.3) is 0 Å². The highest BCUT2D eigenvalue weighted by atomic mass is 15.1. The van der Waals surface area contributed by atoms with Gasteiger partial charge in [-0.3, -0.25) is 4.98 Å². The second-order valence-corrected chi connectivity index (χ2v) is 6.19. The summed E-state index contributed by atoms with van der Waals surface area (Å²) in [5, 5.41) is 6.68. The van der Waals surface area contributed by atoms with Crippen molar-refractivity contribution in [3.05, 3.63) is 12.4 Å². The number of nitrogens with one attached hydrogen (secondary N) is 2. The van der Waals surface area contributed by atoms with Crippen LogP contribution in [0.2, 0.25) is 0 Å². The lowest BCUT2D eigenvalue weighted by molar-refractivity contribution is 0.342. The molecule has 0 atom stereocenters. The van der Waals surface area contributed by atoms with Crippen LogP contribution in [0.5, 0.6) is 0 Å². The van der Waals surface area contributed by atoms with Gasteiger partial charge in [-0.2, -0.15) is 0 Å². The minimum Gasteiger partial charge on any atom is -0.369 e. The first-order valence-electron chi connectivity index (χ1n) is 7.87. The Hall–Kier alpha value is -1.32. The van der Waals surface area contributed by atoms with E-state index in [1.165, 1.54) is 25.7 Å². The lowest BCUT2D eigenvalue weighted by atomic mass is 9.87. The quantitative estimate of drug-likeness (QED) is 0.626. The number of hydrogen-bond donors (Lipinski definition) is 2. The van der Waals surface area contributed by atoms with Gasteiger partial charge in [0, 0.05) is 13.1 Å². The van der Waals surface area contributed by atoms with Gasteiger partial charge in [0.2, 0.25) is 0 Å². The monoisotopic (exact) mass is 278 g/mol. The molecule has 0 bridgehead atoms. The van der Waals surface area contributed by atoms with E-state index in [4.69, 9.17) is 0 Å². The van der Waals surface area contributed by atoms with Crippen molar-refractivity contribution >= 4 is 11.6 Å². The first kappa shape index (κ1) is 16.7. The second-order valence-electron chi connectivity index (χ2n) is 6.19. The van der Waals surface area contributed by atoms with Gasteiger partial charge in [0.1, 0.15) is 11.6 Å². The third kappa shape index (κ3) is 6.73. The van der Waals surface area contributed by atoms with E-state index in [-0.39, 0.29) is 0 Å². The van der Waals surface area contributed by atoms with Gasteiger partial charge >= 0.3 is 0 Å². The molecule has 114 valence electrons. The number of anilines is 2. The second kappa shape index (κ2) is 8.77. The van der Waals surface area contributed by atoms with Crippen LogP contribution in [0.4, 0.5) is 11.6 Å². The zero-order valence-electron chi connectivity index (χ0n) is 13.5. The summed E-state index contributed by atoms with van der Waals surface area (Å²) in [6.07, 6.45) is 9.79. The molecule has 0 aromatic carbocycles. The Morgan fingerprint density at radius 3 is 2.35 bits per heavy atom. The van der Waals surface area contributed by atoms with Gasteiger partial charge in [0.25, 0.3) is 0 Å². The summed E-state index contributed by atoms with van der Waals surface area (Å²) >= 11 is 0. The van der Waals surface area contributed by atoms with Crippen molar-refractivity contribution in [2.24, 2.45) is 5.41 Å². The summed E-state index contributed by atoms with van der Waals surface area (Å²) in [5.74, 6) is 1.70. The third-order valence-electron chi connectivity index (χ3n) is 3.40. The summed E-state index contributed by atoms with van der Waals surface area (Å²) in [5.41, 5.74) is 0.295. The fourth-order valence-corrected chi connectivity index (χ4v) is 2.06. The van der Waals surface area contributed by atoms with Crippen LogP contribution in [0.15, 0.2) is 12.4 Å². The summed E-state index contributed by atoms with van der Waals surface area (Å²) in [6.45, 7) is 10.9. The Kier molecular flexibility index (Phi) is 7.34. The van der Waals surface area contributed by atoms with Crippen molar-refractivity contribution in [3.8, 4) is 0 Å². The maximum atomic E-state index is 4.53. The van der Waals surface area contributed by atoms with E-state index >= 15 is 0 Å². The lowest BCUT2D eigenvalue weighted by Crippen LogP contribution is -2.23. The summed E-state index contributed by atoms with van der Waals surface area (Å²) in [4.78, 5) is 8.75. The van der Waals surface area contributed by atoms with Crippen LogP contribution in [-0.4, -0.2) is 23.1 Å². The first-order chi connectivity index (χ1) is 9.57. The normalized spacial score (nSPS) is 11.4. The molecule has 0 unspecified atom stereocenters. The molecule has 1 rings (SSSR count). The fraction of sp³-hybridized carbons (Fsp3) is 0.750. The zero-order chi connectivity index (χ0) is 14.8. The fourth-order valence-electron chi connectivity index (χ4n) is 2.06. The van der Waals surface area contributed by atoms with Crippen LogP contribution >= 0.6 is 0 Å². The average molecular weight is 278 g/mol. The smallest absolute Gasteiger partial charge is 0.146 e. The Balaban J connectivity index is 2.43. The molecule has 0 radical (unpaired) electrons. The molecule has 0 aliphatic rings. The van der Waals surface area contributed by atoms with E-state index in [1.807, 2.05) is 0 Å². The summed E-state index contributed by atoms with van der Waals surface area (Å²) in [7, 11) is 0. The molecule has 0 aliphatic carbocycles. The number of nitrogens with zero attached hydrogens (tertiary/aromatic N) is 2. The van der Waals surface area contributed by atoms with Crippen molar-refractivity contribution in [2.75, 3.05) is 23.7 Å². The van der Waals surface area contributed by atoms with E-state index in [0.717, 1.165) is 31.1 Å². The van der Waals surface area contributed by atoms with Crippen LogP contribution in [-0.2, 0) is 0 Å². The average Bonchev–Trinajstić information content (AvgIpc) is 2.44. The first-order valence-corrected chi connectivity index (χ1v) is 7.87. The molecule has 0 spiro atoms. The highest BCUT2D eigenvalue weighted by Crippen LogP contribution is 2.24. The number of aromatic nitrogens is 2. The van der Waals surface area contributed by atoms with Crippen LogP contribution < -0.4 is 10.6 Å². The van der Waals surface area contributed by atoms with Crippen molar-refractivity contribution in [1.29, 1.82) is 0 Å². The van der Waals surface area contributed by atoms with Crippen molar-refractivity contribution in [3.63, 3.8) is 0 Å². The minimum absolute atomic E-state index is 0.295. The maximum Gasteiger partial charge on any atom is 0.146 e. The van der Waals surface area contributed by atoms with Gasteiger partial charge in [0.15, 0.2) is 0 Å². The number of hydrogen-bond acceptors (Lipinski definition) is 4. The number of rotatable bonds is 10. The molecule has 4 nitrogen and oxygen atoms in total. The Morgan fingerprint density at radius 2 is 1.70 bits per heavy atom. The standard InChI is InChI=1S/C16H30N4/c1-5-7-8-9-16(3,4)13-19-15-12-17-11-14(20-15)18-10-6-2/h11-12H,5-10,13H2,1-4H3,(H2,18,19,20). The molecule has 1 aromatic heterocycles. The molecule has 0 saturated heterocycles. The molecule has 0 aliphatic heterocycles.